The Morgan fingerprint density at radius 3 is 1.83 bits per heavy atom. The molecule has 0 N–H and O–H groups in total. The molecule has 0 bridgehead atoms. The Balaban J connectivity index is 2.76. The molecule has 1 rings (SSSR count). The van der Waals surface area contributed by atoms with Crippen molar-refractivity contribution in [3.05, 3.63) is 11.6 Å². The van der Waals surface area contributed by atoms with Gasteiger partial charge in [0.25, 0.3) is 11.6 Å². The molecule has 0 unspecified atom stereocenters. The van der Waals surface area contributed by atoms with E-state index < -0.39 is 23.6 Å². The van der Waals surface area contributed by atoms with E-state index in [2.05, 4.69) is 47.1 Å². The highest BCUT2D eigenvalue weighted by atomic mass is 16.7. The number of aromatic nitrogens is 4. The third kappa shape index (κ3) is 3.66. The van der Waals surface area contributed by atoms with Crippen LogP contribution in [0.25, 0.3) is 0 Å². The second kappa shape index (κ2) is 6.08. The van der Waals surface area contributed by atoms with E-state index in [1.807, 2.05) is 0 Å². The summed E-state index contributed by atoms with van der Waals surface area (Å²) in [5.41, 5.74) is 0.529. The molecule has 0 aliphatic carbocycles. The van der Waals surface area contributed by atoms with Crippen LogP contribution in [0.2, 0.25) is 0 Å². The maximum absolute atomic E-state index is 11.3. The number of hydrogen-bond donors (Lipinski definition) is 0. The summed E-state index contributed by atoms with van der Waals surface area (Å²) in [6.45, 7) is 6.20. The first kappa shape index (κ1) is 13.3. The van der Waals surface area contributed by atoms with Gasteiger partial charge in [0, 0.05) is 6.72 Å². The van der Waals surface area contributed by atoms with Crippen molar-refractivity contribution in [1.29, 1.82) is 0 Å². The van der Waals surface area contributed by atoms with Gasteiger partial charge in [0.05, 0.1) is 5.71 Å². The average Bonchev–Trinajstić information content (AvgIpc) is 2.36. The van der Waals surface area contributed by atoms with Gasteiger partial charge in [-0.3, -0.25) is 0 Å². The van der Waals surface area contributed by atoms with Crippen molar-refractivity contribution in [2.24, 2.45) is 10.3 Å². The Bertz CT molecular complexity index is 493. The molecule has 0 spiro atoms. The van der Waals surface area contributed by atoms with Gasteiger partial charge in [0.15, 0.2) is 0 Å². The van der Waals surface area contributed by atoms with Crippen molar-refractivity contribution >= 4 is 24.4 Å². The minimum Gasteiger partial charge on any atom is -0.310 e. The summed E-state index contributed by atoms with van der Waals surface area (Å²) in [6, 6.07) is 0. The van der Waals surface area contributed by atoms with Crippen LogP contribution < -0.4 is 0 Å². The van der Waals surface area contributed by atoms with Crippen molar-refractivity contribution in [3.63, 3.8) is 0 Å². The van der Waals surface area contributed by atoms with Gasteiger partial charge in [-0.15, -0.1) is 20.4 Å². The molecule has 0 saturated carbocycles. The zero-order chi connectivity index (χ0) is 13.5. The Morgan fingerprint density at radius 1 is 1.00 bits per heavy atom. The lowest BCUT2D eigenvalue weighted by atomic mass is 10.5. The van der Waals surface area contributed by atoms with E-state index in [0.29, 0.717) is 5.71 Å². The molecule has 0 saturated heterocycles. The quantitative estimate of drug-likeness (QED) is 0.401. The molecule has 94 valence electrons. The molecule has 0 amide bonds. The van der Waals surface area contributed by atoms with Crippen LogP contribution in [-0.2, 0) is 9.68 Å². The standard InChI is InChI=1S/C8H8N6O4/c1-4(2)14-18-8(16)6-12-10-5(11-13-6)7(15)17-9-3/h3H2,1-2H3. The van der Waals surface area contributed by atoms with Crippen LogP contribution in [0.15, 0.2) is 10.3 Å². The van der Waals surface area contributed by atoms with Gasteiger partial charge < -0.3 is 9.68 Å². The summed E-state index contributed by atoms with van der Waals surface area (Å²) in [4.78, 5) is 30.9. The number of nitrogens with zero attached hydrogens (tertiary/aromatic N) is 6. The number of rotatable bonds is 4. The van der Waals surface area contributed by atoms with E-state index in [1.165, 1.54) is 0 Å². The van der Waals surface area contributed by atoms with Crippen LogP contribution in [0.5, 0.6) is 0 Å². The van der Waals surface area contributed by atoms with Gasteiger partial charge in [-0.2, -0.15) is 0 Å². The van der Waals surface area contributed by atoms with Crippen LogP contribution in [0.3, 0.4) is 0 Å². The average molecular weight is 252 g/mol. The summed E-state index contributed by atoms with van der Waals surface area (Å²) >= 11 is 0. The second-order valence-electron chi connectivity index (χ2n) is 2.97. The lowest BCUT2D eigenvalue weighted by Crippen LogP contribution is -2.15. The predicted octanol–water partition coefficient (Wildman–Crippen LogP) is -0.408. The minimum atomic E-state index is -0.993. The first-order chi connectivity index (χ1) is 8.54. The van der Waals surface area contributed by atoms with E-state index in [4.69, 9.17) is 0 Å². The summed E-state index contributed by atoms with van der Waals surface area (Å²) in [6.07, 6.45) is 0. The number of oxime groups is 2. The summed E-state index contributed by atoms with van der Waals surface area (Å²) in [5, 5.41) is 19.6. The molecule has 10 heteroatoms. The molecule has 0 aliphatic rings. The molecular weight excluding hydrogens is 244 g/mol. The van der Waals surface area contributed by atoms with E-state index >= 15 is 0 Å². The highest BCUT2D eigenvalue weighted by Gasteiger charge is 2.17. The Kier molecular flexibility index (Phi) is 4.49. The molecule has 1 aromatic rings. The fourth-order valence-corrected chi connectivity index (χ4v) is 0.666. The van der Waals surface area contributed by atoms with Gasteiger partial charge in [0.2, 0.25) is 0 Å². The maximum atomic E-state index is 11.3. The van der Waals surface area contributed by atoms with Gasteiger partial charge in [0.1, 0.15) is 0 Å². The fourth-order valence-electron chi connectivity index (χ4n) is 0.666. The van der Waals surface area contributed by atoms with Crippen molar-refractivity contribution in [3.8, 4) is 0 Å². The zero-order valence-corrected chi connectivity index (χ0v) is 9.52. The third-order valence-electron chi connectivity index (χ3n) is 1.30. The highest BCUT2D eigenvalue weighted by Crippen LogP contribution is 1.94. The van der Waals surface area contributed by atoms with E-state index in [-0.39, 0.29) is 0 Å². The van der Waals surface area contributed by atoms with Gasteiger partial charge in [-0.05, 0) is 13.8 Å². The molecule has 18 heavy (non-hydrogen) atoms. The fraction of sp³-hybridized carbons (Fsp3) is 0.250. The van der Waals surface area contributed by atoms with Crippen LogP contribution in [-0.4, -0.2) is 44.8 Å². The molecule has 1 aromatic heterocycles. The Hall–Kier alpha value is -2.78. The largest absolute Gasteiger partial charge is 0.406 e. The van der Waals surface area contributed by atoms with Crippen LogP contribution in [0.4, 0.5) is 0 Å². The first-order valence-corrected chi connectivity index (χ1v) is 4.52. The molecule has 1 heterocycles. The topological polar surface area (TPSA) is 129 Å². The van der Waals surface area contributed by atoms with Gasteiger partial charge in [-0.1, -0.05) is 10.3 Å². The summed E-state index contributed by atoms with van der Waals surface area (Å²) in [7, 11) is 0. The summed E-state index contributed by atoms with van der Waals surface area (Å²) < 4.78 is 0. The number of hydrogen-bond acceptors (Lipinski definition) is 10. The van der Waals surface area contributed by atoms with Crippen molar-refractivity contribution < 1.29 is 19.3 Å². The SMILES string of the molecule is C=NOC(=O)c1nnc(C(=O)ON=C(C)C)nn1. The Labute approximate surface area is 101 Å². The van der Waals surface area contributed by atoms with Crippen molar-refractivity contribution in [2.75, 3.05) is 0 Å². The number of carbonyl (C=O) groups is 2. The minimum absolute atomic E-state index is 0.442. The lowest BCUT2D eigenvalue weighted by molar-refractivity contribution is 0.0474. The smallest absolute Gasteiger partial charge is 0.310 e. The monoisotopic (exact) mass is 252 g/mol. The van der Waals surface area contributed by atoms with Gasteiger partial charge >= 0.3 is 11.9 Å². The first-order valence-electron chi connectivity index (χ1n) is 4.52. The molecule has 0 aromatic carbocycles. The third-order valence-corrected chi connectivity index (χ3v) is 1.30. The van der Waals surface area contributed by atoms with Crippen LogP contribution in [0, 0.1) is 0 Å². The molecule has 0 fully saturated rings. The van der Waals surface area contributed by atoms with E-state index in [0.717, 1.165) is 0 Å². The van der Waals surface area contributed by atoms with Crippen molar-refractivity contribution in [2.45, 2.75) is 13.8 Å². The second-order valence-corrected chi connectivity index (χ2v) is 2.97. The van der Waals surface area contributed by atoms with Gasteiger partial charge in [-0.25, -0.2) is 9.59 Å². The number of carbonyl (C=O) groups excluding carboxylic acids is 2. The molecule has 10 nitrogen and oxygen atoms in total. The molecule has 0 atom stereocenters. The molecular formula is C8H8N6O4. The van der Waals surface area contributed by atoms with E-state index in [9.17, 15) is 9.59 Å². The Morgan fingerprint density at radius 2 is 1.44 bits per heavy atom. The molecule has 0 radical (unpaired) electrons. The predicted molar refractivity (Wildman–Crippen MR) is 56.8 cm³/mol. The zero-order valence-electron chi connectivity index (χ0n) is 9.52. The highest BCUT2D eigenvalue weighted by molar-refractivity contribution is 5.87. The van der Waals surface area contributed by atoms with E-state index in [1.54, 1.807) is 13.8 Å². The van der Waals surface area contributed by atoms with Crippen LogP contribution in [0.1, 0.15) is 35.1 Å². The summed E-state index contributed by atoms with van der Waals surface area (Å²) in [5.74, 6) is -2.84. The lowest BCUT2D eigenvalue weighted by Gasteiger charge is -1.96. The normalized spacial score (nSPS) is 9.22. The van der Waals surface area contributed by atoms with Crippen LogP contribution >= 0.6 is 0 Å². The maximum Gasteiger partial charge on any atom is 0.406 e. The van der Waals surface area contributed by atoms with Crippen molar-refractivity contribution in [1.82, 2.24) is 20.4 Å². The molecule has 0 aliphatic heterocycles.